The van der Waals surface area contributed by atoms with Crippen molar-refractivity contribution in [3.63, 3.8) is 0 Å². The van der Waals surface area contributed by atoms with Crippen LogP contribution in [0.25, 0.3) is 0 Å². The van der Waals surface area contributed by atoms with Gasteiger partial charge in [-0.15, -0.1) is 0 Å². The lowest BCUT2D eigenvalue weighted by atomic mass is 14.0. The molecule has 0 heterocycles. The lowest BCUT2D eigenvalue weighted by molar-refractivity contribution is 1.11. The van der Waals surface area contributed by atoms with E-state index in [9.17, 15) is 0 Å². The van der Waals surface area contributed by atoms with Crippen molar-refractivity contribution in [1.82, 2.24) is 18.5 Å². The highest BCUT2D eigenvalue weighted by Gasteiger charge is -0.268. The predicted octanol–water partition coefficient (Wildman–Crippen LogP) is 0.791. The molecule has 0 rings (SSSR count). The first-order valence-electron chi connectivity index (χ1n) is 0. The fraction of sp³-hybridized carbons (Fsp3) is 0. The summed E-state index contributed by atoms with van der Waals surface area (Å²) < 4.78 is 0. The van der Waals surface area contributed by atoms with Crippen LogP contribution in [0.1, 0.15) is 0 Å². The van der Waals surface area contributed by atoms with Crippen LogP contribution in [-0.4, -0.2) is 0 Å². The maximum absolute atomic E-state index is 0. The summed E-state index contributed by atoms with van der Waals surface area (Å²) in [5, 5.41) is 0. The number of rotatable bonds is 0. The van der Waals surface area contributed by atoms with E-state index in [1.54, 1.807) is 0 Å². The molecule has 0 saturated carbocycles. The van der Waals surface area contributed by atoms with Crippen LogP contribution in [0.2, 0.25) is 0 Å². The second kappa shape index (κ2) is 415. The minimum atomic E-state index is 0. The molecule has 0 aliphatic heterocycles. The molecule has 0 atom stereocenters. The first kappa shape index (κ1) is 981. The van der Waals surface area contributed by atoms with Gasteiger partial charge in [-0.2, -0.15) is 0 Å². The van der Waals surface area contributed by atoms with Crippen molar-refractivity contribution in [3.8, 4) is 0 Å². The van der Waals surface area contributed by atoms with Crippen LogP contribution in [0.5, 0.6) is 0 Å². The molecular weight excluding hydrogens is 80.0 g/mol. The fourth-order valence-corrected chi connectivity index (χ4v) is 0. The summed E-state index contributed by atoms with van der Waals surface area (Å²) in [7, 11) is 0. The summed E-state index contributed by atoms with van der Waals surface area (Å²) in [6.07, 6.45) is 0. The zero-order valence-corrected chi connectivity index (χ0v) is 2.94. The predicted molar refractivity (Wildman–Crippen MR) is 20.1 cm³/mol. The van der Waals surface area contributed by atoms with Gasteiger partial charge in [0.05, 0.1) is 0 Å². The largest absolute Gasteiger partial charge is 0.344 e. The molecule has 5 heavy (non-hydrogen) atoms. The van der Waals surface area contributed by atoms with E-state index in [4.69, 9.17) is 0 Å². The fourth-order valence-electron chi connectivity index (χ4n) is 0. The monoisotopic (exact) mass is 91.1 g/mol. The zero-order chi connectivity index (χ0) is 0. The van der Waals surface area contributed by atoms with Crippen LogP contribution in [-0.2, 0) is 0 Å². The maximum Gasteiger partial charge on any atom is -0.269 e. The molecule has 40 valence electrons. The maximum atomic E-state index is 0. The molecular formula is H11F2N3. The summed E-state index contributed by atoms with van der Waals surface area (Å²) in [5.41, 5.74) is 0. The van der Waals surface area contributed by atoms with E-state index < -0.39 is 0 Å². The molecule has 0 spiro atoms. The van der Waals surface area contributed by atoms with Crippen LogP contribution < -0.4 is 18.5 Å². The highest BCUT2D eigenvalue weighted by atomic mass is 19.0. The second-order valence-electron chi connectivity index (χ2n) is 0. The van der Waals surface area contributed by atoms with Crippen molar-refractivity contribution >= 4 is 0 Å². The van der Waals surface area contributed by atoms with E-state index in [2.05, 4.69) is 0 Å². The number of hydrogen-bond acceptors (Lipinski definition) is 3. The number of hydrogen-bond donors (Lipinski definition) is 3. The van der Waals surface area contributed by atoms with Gasteiger partial charge in [-0.25, -0.2) is 0 Å². The summed E-state index contributed by atoms with van der Waals surface area (Å²) in [6.45, 7) is 0. The van der Waals surface area contributed by atoms with Crippen molar-refractivity contribution in [2.45, 2.75) is 0 Å². The summed E-state index contributed by atoms with van der Waals surface area (Å²) in [5.74, 6) is 0. The molecule has 3 nitrogen and oxygen atoms in total. The molecule has 0 saturated heterocycles. The molecule has 0 bridgehead atoms. The van der Waals surface area contributed by atoms with Crippen LogP contribution in [0.3, 0.4) is 0 Å². The van der Waals surface area contributed by atoms with Gasteiger partial charge >= 0.3 is 0 Å². The average Bonchev–Trinajstić information content (AvgIpc) is 0. The van der Waals surface area contributed by atoms with Crippen molar-refractivity contribution in [2.75, 3.05) is 0 Å². The highest BCUT2D eigenvalue weighted by molar-refractivity contribution is 2.14. The standard InChI is InChI=1S/2FH.3H3N/h2*1H;3*1H3. The Hall–Kier alpha value is -0.260. The summed E-state index contributed by atoms with van der Waals surface area (Å²) >= 11 is 0. The normalized spacial score (nSPS) is 0. The average molecular weight is 91.1 g/mol. The van der Waals surface area contributed by atoms with E-state index in [-0.39, 0.29) is 27.9 Å². The second-order valence-corrected chi connectivity index (χ2v) is 0. The first-order valence-corrected chi connectivity index (χ1v) is 0. The Morgan fingerprint density at radius 2 is 0.400 bits per heavy atom. The highest BCUT2D eigenvalue weighted by Crippen LogP contribution is 0.421. The van der Waals surface area contributed by atoms with Gasteiger partial charge in [-0.3, -0.25) is 9.41 Å². The Bertz CT molecular complexity index is 4.85. The third kappa shape index (κ3) is 168. The van der Waals surface area contributed by atoms with Gasteiger partial charge in [-0.05, 0) is 0 Å². The first-order chi connectivity index (χ1) is 0. The van der Waals surface area contributed by atoms with Gasteiger partial charge in [-0.1, -0.05) is 0 Å². The van der Waals surface area contributed by atoms with Gasteiger partial charge < -0.3 is 18.5 Å². The Kier molecular flexibility index (Phi) is 81500. The third-order valence-corrected chi connectivity index (χ3v) is 0. The third-order valence-electron chi connectivity index (χ3n) is 0. The summed E-state index contributed by atoms with van der Waals surface area (Å²) in [4.78, 5) is 0. The van der Waals surface area contributed by atoms with Gasteiger partial charge in [0.15, 0.2) is 0 Å². The lowest BCUT2D eigenvalue weighted by Crippen LogP contribution is -0.482. The topological polar surface area (TPSA) is 105 Å². The minimum absolute atomic E-state index is 0. The van der Waals surface area contributed by atoms with E-state index in [1.807, 2.05) is 0 Å². The molecule has 9 N–H and O–H groups in total. The van der Waals surface area contributed by atoms with E-state index >= 15 is 0 Å². The molecule has 5 heteroatoms. The Labute approximate surface area is 29.2 Å². The molecule has 0 radical (unpaired) electrons. The van der Waals surface area contributed by atoms with Gasteiger partial charge in [0.25, 0.3) is 0 Å². The molecule has 0 unspecified atom stereocenters. The van der Waals surface area contributed by atoms with Crippen LogP contribution >= 0.6 is 0 Å². The molecule has 0 aromatic carbocycles. The molecule has 0 amide bonds. The molecule has 0 aromatic rings. The van der Waals surface area contributed by atoms with Gasteiger partial charge in [0.1, 0.15) is 0 Å². The molecule has 0 aliphatic carbocycles. The van der Waals surface area contributed by atoms with E-state index in [0.29, 0.717) is 0 Å². The minimum Gasteiger partial charge on any atom is -0.344 e. The van der Waals surface area contributed by atoms with E-state index in [1.165, 1.54) is 0 Å². The van der Waals surface area contributed by atoms with E-state index in [0.717, 1.165) is 0 Å². The SMILES string of the molecule is F.F.N.N.N. The van der Waals surface area contributed by atoms with Gasteiger partial charge in [0.2, 0.25) is 0 Å². The Morgan fingerprint density at radius 3 is 0.400 bits per heavy atom. The van der Waals surface area contributed by atoms with Crippen LogP contribution in [0.4, 0.5) is 9.41 Å². The van der Waals surface area contributed by atoms with Crippen molar-refractivity contribution in [1.29, 1.82) is 0 Å². The quantitative estimate of drug-likeness (QED) is 0.410. The van der Waals surface area contributed by atoms with Crippen molar-refractivity contribution in [3.05, 3.63) is 0 Å². The van der Waals surface area contributed by atoms with Crippen LogP contribution in [0, 0.1) is 0 Å². The molecule has 0 aromatic heterocycles. The van der Waals surface area contributed by atoms with Crippen LogP contribution in [0.15, 0.2) is 0 Å². The molecule has 0 fully saturated rings. The van der Waals surface area contributed by atoms with Crippen molar-refractivity contribution in [2.24, 2.45) is 0 Å². The zero-order valence-electron chi connectivity index (χ0n) is 2.94. The smallest absolute Gasteiger partial charge is 0.269 e. The number of halogens is 2. The van der Waals surface area contributed by atoms with Crippen molar-refractivity contribution < 1.29 is 9.41 Å². The summed E-state index contributed by atoms with van der Waals surface area (Å²) in [6, 6.07) is 0. The lowest BCUT2D eigenvalue weighted by Gasteiger charge is -0.345. The molecule has 0 aliphatic rings. The van der Waals surface area contributed by atoms with Gasteiger partial charge in [0, 0.05) is 0 Å². The Morgan fingerprint density at radius 1 is 0.400 bits per heavy atom. The Balaban J connectivity index is 0.